The van der Waals surface area contributed by atoms with Crippen LogP contribution in [0.1, 0.15) is 0 Å². The molecule has 1 nitrogen and oxygen atoms in total. The van der Waals surface area contributed by atoms with Gasteiger partial charge in [-0.05, 0) is 54.1 Å². The Bertz CT molecular complexity index is 1860. The number of benzene rings is 5. The Hall–Kier alpha value is -3.11. The largest absolute Gasteiger partial charge is 0.309 e. The predicted molar refractivity (Wildman–Crippen MR) is 152 cm³/mol. The molecular formula is C30H17BrClNS. The Labute approximate surface area is 214 Å². The quantitative estimate of drug-likeness (QED) is 0.206. The summed E-state index contributed by atoms with van der Waals surface area (Å²) in [5.41, 5.74) is 5.97. The molecule has 7 aromatic rings. The molecule has 0 saturated heterocycles. The highest BCUT2D eigenvalue weighted by Gasteiger charge is 2.21. The molecule has 0 aliphatic rings. The van der Waals surface area contributed by atoms with Crippen molar-refractivity contribution in [1.82, 2.24) is 4.57 Å². The second-order valence-corrected chi connectivity index (χ2v) is 10.9. The van der Waals surface area contributed by atoms with Crippen LogP contribution < -0.4 is 0 Å². The van der Waals surface area contributed by atoms with Crippen LogP contribution in [0.25, 0.3) is 58.8 Å². The molecule has 0 aliphatic heterocycles. The smallest absolute Gasteiger partial charge is 0.0634 e. The van der Waals surface area contributed by atoms with E-state index in [1.165, 1.54) is 53.2 Å². The van der Waals surface area contributed by atoms with Crippen molar-refractivity contribution in [2.75, 3.05) is 0 Å². The summed E-state index contributed by atoms with van der Waals surface area (Å²) in [4.78, 5) is 0. The van der Waals surface area contributed by atoms with Crippen molar-refractivity contribution in [3.63, 3.8) is 0 Å². The van der Waals surface area contributed by atoms with Gasteiger partial charge in [-0.1, -0.05) is 82.1 Å². The summed E-state index contributed by atoms with van der Waals surface area (Å²) in [5.74, 6) is 0. The summed E-state index contributed by atoms with van der Waals surface area (Å²) in [6, 6.07) is 36.6. The summed E-state index contributed by atoms with van der Waals surface area (Å²) in [5, 5.41) is 5.81. The fourth-order valence-corrected chi connectivity index (χ4v) is 7.21. The molecule has 0 fully saturated rings. The third-order valence-corrected chi connectivity index (χ3v) is 8.35. The average molecular weight is 539 g/mol. The zero-order valence-electron chi connectivity index (χ0n) is 17.9. The molecule has 0 aliphatic carbocycles. The normalized spacial score (nSPS) is 11.8. The molecule has 7 rings (SSSR count). The molecule has 0 radical (unpaired) electrons. The molecule has 2 aromatic heterocycles. The van der Waals surface area contributed by atoms with Crippen LogP contribution in [0.3, 0.4) is 0 Å². The first-order chi connectivity index (χ1) is 16.7. The third-order valence-electron chi connectivity index (χ3n) is 6.47. The molecule has 0 amide bonds. The van der Waals surface area contributed by atoms with E-state index in [1.807, 2.05) is 17.4 Å². The number of thiophene rings is 1. The Morgan fingerprint density at radius 1 is 0.706 bits per heavy atom. The fraction of sp³-hybridized carbons (Fsp3) is 0. The van der Waals surface area contributed by atoms with E-state index >= 15 is 0 Å². The van der Waals surface area contributed by atoms with Gasteiger partial charge in [-0.15, -0.1) is 11.3 Å². The van der Waals surface area contributed by atoms with Crippen molar-refractivity contribution in [2.24, 2.45) is 0 Å². The number of fused-ring (bicyclic) bond motifs is 7. The summed E-state index contributed by atoms with van der Waals surface area (Å²) < 4.78 is 5.97. The number of para-hydroxylation sites is 2. The SMILES string of the molecule is Clc1cc(Br)cc(-c2cc3c4ccccc4n(-c4ccccc4)c3c3c2sc2ccccc23)c1. The molecule has 0 bridgehead atoms. The number of hydrogen-bond acceptors (Lipinski definition) is 1. The second kappa shape index (κ2) is 7.71. The van der Waals surface area contributed by atoms with Gasteiger partial charge >= 0.3 is 0 Å². The van der Waals surface area contributed by atoms with Crippen LogP contribution >= 0.6 is 38.9 Å². The summed E-state index contributed by atoms with van der Waals surface area (Å²) in [7, 11) is 0. The van der Waals surface area contributed by atoms with Gasteiger partial charge in [0.1, 0.15) is 0 Å². The molecule has 2 heterocycles. The first-order valence-corrected chi connectivity index (χ1v) is 13.1. The Morgan fingerprint density at radius 3 is 2.26 bits per heavy atom. The Balaban J connectivity index is 1.77. The molecule has 4 heteroatoms. The van der Waals surface area contributed by atoms with Crippen molar-refractivity contribution < 1.29 is 0 Å². The Kier molecular flexibility index (Phi) is 4.60. The molecule has 5 aromatic carbocycles. The van der Waals surface area contributed by atoms with Crippen LogP contribution in [0.4, 0.5) is 0 Å². The van der Waals surface area contributed by atoms with E-state index in [-0.39, 0.29) is 0 Å². The maximum atomic E-state index is 6.50. The highest BCUT2D eigenvalue weighted by molar-refractivity contribution is 9.10. The van der Waals surface area contributed by atoms with Gasteiger partial charge in [0.25, 0.3) is 0 Å². The van der Waals surface area contributed by atoms with Crippen LogP contribution in [-0.2, 0) is 0 Å². The summed E-state index contributed by atoms with van der Waals surface area (Å²) in [6.45, 7) is 0. The van der Waals surface area contributed by atoms with Gasteiger partial charge in [0.05, 0.1) is 11.0 Å². The van der Waals surface area contributed by atoms with Crippen molar-refractivity contribution in [3.8, 4) is 16.8 Å². The monoisotopic (exact) mass is 537 g/mol. The van der Waals surface area contributed by atoms with E-state index in [1.54, 1.807) is 0 Å². The van der Waals surface area contributed by atoms with Crippen molar-refractivity contribution in [1.29, 1.82) is 0 Å². The molecule has 162 valence electrons. The minimum absolute atomic E-state index is 0.727. The number of nitrogens with zero attached hydrogens (tertiary/aromatic N) is 1. The van der Waals surface area contributed by atoms with E-state index in [4.69, 9.17) is 11.6 Å². The second-order valence-electron chi connectivity index (χ2n) is 8.47. The van der Waals surface area contributed by atoms with Crippen molar-refractivity contribution in [2.45, 2.75) is 0 Å². The molecule has 0 saturated carbocycles. The van der Waals surface area contributed by atoms with Crippen molar-refractivity contribution in [3.05, 3.63) is 113 Å². The van der Waals surface area contributed by atoms with Gasteiger partial charge in [0.15, 0.2) is 0 Å². The van der Waals surface area contributed by atoms with Crippen LogP contribution in [0.15, 0.2) is 108 Å². The lowest BCUT2D eigenvalue weighted by molar-refractivity contribution is 1.19. The summed E-state index contributed by atoms with van der Waals surface area (Å²) in [6.07, 6.45) is 0. The summed E-state index contributed by atoms with van der Waals surface area (Å²) >= 11 is 12.0. The zero-order valence-corrected chi connectivity index (χ0v) is 21.1. The first kappa shape index (κ1) is 20.3. The van der Waals surface area contributed by atoms with Gasteiger partial charge in [0, 0.05) is 51.7 Å². The van der Waals surface area contributed by atoms with Crippen LogP contribution in [0, 0.1) is 0 Å². The van der Waals surface area contributed by atoms with E-state index in [0.717, 1.165) is 15.1 Å². The van der Waals surface area contributed by atoms with Crippen molar-refractivity contribution >= 4 is 80.8 Å². The molecule has 0 N–H and O–H groups in total. The van der Waals surface area contributed by atoms with Gasteiger partial charge in [-0.3, -0.25) is 0 Å². The van der Waals surface area contributed by atoms with Gasteiger partial charge in [0.2, 0.25) is 0 Å². The minimum Gasteiger partial charge on any atom is -0.309 e. The lowest BCUT2D eigenvalue weighted by Crippen LogP contribution is -1.93. The fourth-order valence-electron chi connectivity index (χ4n) is 5.11. The number of hydrogen-bond donors (Lipinski definition) is 0. The lowest BCUT2D eigenvalue weighted by atomic mass is 9.99. The van der Waals surface area contributed by atoms with E-state index in [0.29, 0.717) is 0 Å². The lowest BCUT2D eigenvalue weighted by Gasteiger charge is -2.11. The third kappa shape index (κ3) is 2.98. The molecular weight excluding hydrogens is 522 g/mol. The molecule has 0 unspecified atom stereocenters. The van der Waals surface area contributed by atoms with Crippen LogP contribution in [0.2, 0.25) is 5.02 Å². The maximum absolute atomic E-state index is 6.50. The van der Waals surface area contributed by atoms with E-state index in [2.05, 4.69) is 118 Å². The number of aromatic nitrogens is 1. The number of halogens is 2. The zero-order chi connectivity index (χ0) is 22.8. The predicted octanol–water partition coefficient (Wildman–Crippen LogP) is 10.2. The standard InChI is InChI=1S/C30H17BrClNS/c31-19-14-18(15-20(32)16-19)24-17-25-22-10-4-6-12-26(22)33(21-8-2-1-3-9-21)29(25)28-23-11-5-7-13-27(23)34-30(24)28/h1-17H. The topological polar surface area (TPSA) is 4.93 Å². The van der Waals surface area contributed by atoms with Gasteiger partial charge < -0.3 is 4.57 Å². The molecule has 34 heavy (non-hydrogen) atoms. The molecule has 0 spiro atoms. The maximum Gasteiger partial charge on any atom is 0.0634 e. The van der Waals surface area contributed by atoms with E-state index < -0.39 is 0 Å². The van der Waals surface area contributed by atoms with Crippen LogP contribution in [-0.4, -0.2) is 4.57 Å². The Morgan fingerprint density at radius 2 is 1.44 bits per heavy atom. The highest BCUT2D eigenvalue weighted by Crippen LogP contribution is 2.47. The van der Waals surface area contributed by atoms with Crippen LogP contribution in [0.5, 0.6) is 0 Å². The number of rotatable bonds is 2. The minimum atomic E-state index is 0.727. The molecule has 0 atom stereocenters. The van der Waals surface area contributed by atoms with E-state index in [9.17, 15) is 0 Å². The average Bonchev–Trinajstić information content (AvgIpc) is 3.39. The van der Waals surface area contributed by atoms with Gasteiger partial charge in [-0.2, -0.15) is 0 Å². The van der Waals surface area contributed by atoms with Gasteiger partial charge in [-0.25, -0.2) is 0 Å². The highest BCUT2D eigenvalue weighted by atomic mass is 79.9. The first-order valence-electron chi connectivity index (χ1n) is 11.1.